The zero-order valence-electron chi connectivity index (χ0n) is 12.2. The third-order valence-corrected chi connectivity index (χ3v) is 5.16. The van der Waals surface area contributed by atoms with Gasteiger partial charge in [0.1, 0.15) is 5.69 Å². The van der Waals surface area contributed by atoms with Gasteiger partial charge in [0.15, 0.2) is 6.20 Å². The van der Waals surface area contributed by atoms with Crippen LogP contribution in [0.4, 0.5) is 5.69 Å². The quantitative estimate of drug-likeness (QED) is 0.583. The number of sulfonamides is 1. The van der Waals surface area contributed by atoms with Crippen molar-refractivity contribution in [2.45, 2.75) is 11.8 Å². The molecule has 3 rings (SSSR count). The first-order valence-electron chi connectivity index (χ1n) is 6.78. The van der Waals surface area contributed by atoms with E-state index in [1.165, 1.54) is 30.5 Å². The van der Waals surface area contributed by atoms with E-state index in [0.717, 1.165) is 5.56 Å². The van der Waals surface area contributed by atoms with Gasteiger partial charge >= 0.3 is 0 Å². The minimum Gasteiger partial charge on any atom is -0.618 e. The van der Waals surface area contributed by atoms with E-state index in [-0.39, 0.29) is 16.1 Å². The minimum atomic E-state index is -3.80. The second kappa shape index (κ2) is 5.72. The van der Waals surface area contributed by atoms with Gasteiger partial charge in [-0.3, -0.25) is 4.72 Å². The summed E-state index contributed by atoms with van der Waals surface area (Å²) in [6.07, 6.45) is 1.24. The molecule has 0 bridgehead atoms. The molecule has 3 aromatic rings. The van der Waals surface area contributed by atoms with Crippen LogP contribution in [0, 0.1) is 12.1 Å². The molecule has 1 N–H and O–H groups in total. The molecule has 0 unspecified atom stereocenters. The number of halogens is 1. The van der Waals surface area contributed by atoms with Crippen molar-refractivity contribution in [1.82, 2.24) is 0 Å². The number of anilines is 1. The van der Waals surface area contributed by atoms with Crippen molar-refractivity contribution in [2.24, 2.45) is 0 Å². The van der Waals surface area contributed by atoms with Gasteiger partial charge in [-0.2, -0.15) is 4.73 Å². The maximum atomic E-state index is 12.5. The first-order valence-corrected chi connectivity index (χ1v) is 8.64. The fourth-order valence-corrected chi connectivity index (χ4v) is 3.55. The van der Waals surface area contributed by atoms with E-state index in [1.54, 1.807) is 24.3 Å². The lowest BCUT2D eigenvalue weighted by molar-refractivity contribution is -0.576. The predicted octanol–water partition coefficient (Wildman–Crippen LogP) is 3.24. The third kappa shape index (κ3) is 2.95. The van der Waals surface area contributed by atoms with Crippen molar-refractivity contribution < 1.29 is 13.1 Å². The number of nitrogens with one attached hydrogen (secondary N) is 1. The molecule has 1 aromatic heterocycles. The molecule has 0 aliphatic carbocycles. The van der Waals surface area contributed by atoms with Gasteiger partial charge in [0, 0.05) is 6.07 Å². The Morgan fingerprint density at radius 1 is 1.09 bits per heavy atom. The van der Waals surface area contributed by atoms with Crippen molar-refractivity contribution >= 4 is 38.2 Å². The molecule has 0 spiro atoms. The van der Waals surface area contributed by atoms with E-state index >= 15 is 0 Å². The summed E-state index contributed by atoms with van der Waals surface area (Å²) in [4.78, 5) is 0.125. The Bertz CT molecular complexity index is 986. The summed E-state index contributed by atoms with van der Waals surface area (Å²) in [6, 6.07) is 12.7. The van der Waals surface area contributed by atoms with E-state index < -0.39 is 10.0 Å². The highest BCUT2D eigenvalue weighted by molar-refractivity contribution is 7.92. The van der Waals surface area contributed by atoms with Crippen LogP contribution in [-0.2, 0) is 10.0 Å². The molecular weight excluding hydrogens is 336 g/mol. The number of fused-ring (bicyclic) bond motifs is 1. The van der Waals surface area contributed by atoms with E-state index in [1.807, 2.05) is 6.92 Å². The molecule has 1 heterocycles. The highest BCUT2D eigenvalue weighted by Gasteiger charge is 2.19. The molecular formula is C16H13ClN2O3S. The van der Waals surface area contributed by atoms with Crippen molar-refractivity contribution in [3.8, 4) is 0 Å². The highest BCUT2D eigenvalue weighted by atomic mass is 35.5. The Morgan fingerprint density at radius 3 is 2.48 bits per heavy atom. The smallest absolute Gasteiger partial charge is 0.262 e. The monoisotopic (exact) mass is 348 g/mol. The first-order chi connectivity index (χ1) is 10.9. The van der Waals surface area contributed by atoms with Crippen molar-refractivity contribution in [3.05, 3.63) is 70.5 Å². The second-order valence-corrected chi connectivity index (χ2v) is 7.20. The normalized spacial score (nSPS) is 11.6. The van der Waals surface area contributed by atoms with E-state index in [4.69, 9.17) is 11.6 Å². The average molecular weight is 349 g/mol. The molecule has 0 saturated heterocycles. The number of rotatable bonds is 3. The number of aromatic nitrogens is 1. The molecule has 0 fully saturated rings. The fraction of sp³-hybridized carbons (Fsp3) is 0.0625. The fourth-order valence-electron chi connectivity index (χ4n) is 2.27. The van der Waals surface area contributed by atoms with Crippen LogP contribution in [0.3, 0.4) is 0 Å². The number of hydrogen-bond acceptors (Lipinski definition) is 3. The molecule has 0 aliphatic heterocycles. The van der Waals surface area contributed by atoms with Crippen molar-refractivity contribution in [2.75, 3.05) is 4.72 Å². The van der Waals surface area contributed by atoms with Gasteiger partial charge in [0.25, 0.3) is 10.0 Å². The Morgan fingerprint density at radius 2 is 1.78 bits per heavy atom. The summed E-state index contributed by atoms with van der Waals surface area (Å²) in [5, 5.41) is 12.9. The Kier molecular flexibility index (Phi) is 3.87. The molecule has 0 saturated carbocycles. The maximum Gasteiger partial charge on any atom is 0.262 e. The third-order valence-electron chi connectivity index (χ3n) is 3.45. The zero-order chi connectivity index (χ0) is 16.6. The largest absolute Gasteiger partial charge is 0.618 e. The van der Waals surface area contributed by atoms with Gasteiger partial charge in [0.2, 0.25) is 5.52 Å². The SMILES string of the molecule is Cc1ccc(S(=O)(=O)Nc2cccc3c(Cl)cc[n+]([O-])c23)cc1. The van der Waals surface area contributed by atoms with Crippen LogP contribution in [0.25, 0.3) is 10.9 Å². The van der Waals surface area contributed by atoms with E-state index in [0.29, 0.717) is 15.1 Å². The molecule has 0 aliphatic rings. The first kappa shape index (κ1) is 15.6. The van der Waals surface area contributed by atoms with Crippen molar-refractivity contribution in [1.29, 1.82) is 0 Å². The summed E-state index contributed by atoms with van der Waals surface area (Å²) in [5.41, 5.74) is 1.31. The van der Waals surface area contributed by atoms with E-state index in [2.05, 4.69) is 4.72 Å². The van der Waals surface area contributed by atoms with Crippen LogP contribution in [0.5, 0.6) is 0 Å². The number of para-hydroxylation sites is 1. The number of pyridine rings is 1. The molecule has 2 aromatic carbocycles. The van der Waals surface area contributed by atoms with Crippen molar-refractivity contribution in [3.63, 3.8) is 0 Å². The molecule has 0 radical (unpaired) electrons. The average Bonchev–Trinajstić information content (AvgIpc) is 2.51. The van der Waals surface area contributed by atoms with Crippen LogP contribution in [0.1, 0.15) is 5.56 Å². The lowest BCUT2D eigenvalue weighted by Crippen LogP contribution is -2.28. The lowest BCUT2D eigenvalue weighted by Gasteiger charge is -2.11. The highest BCUT2D eigenvalue weighted by Crippen LogP contribution is 2.27. The van der Waals surface area contributed by atoms with Crippen LogP contribution in [0.15, 0.2) is 59.6 Å². The van der Waals surface area contributed by atoms with Crippen LogP contribution >= 0.6 is 11.6 Å². The summed E-state index contributed by atoms with van der Waals surface area (Å²) in [6.45, 7) is 1.87. The van der Waals surface area contributed by atoms with E-state index in [9.17, 15) is 13.6 Å². The Hall–Kier alpha value is -2.31. The summed E-state index contributed by atoms with van der Waals surface area (Å²) in [5.74, 6) is 0. The molecule has 7 heteroatoms. The molecule has 23 heavy (non-hydrogen) atoms. The molecule has 0 atom stereocenters. The van der Waals surface area contributed by atoms with Crippen LogP contribution in [-0.4, -0.2) is 8.42 Å². The summed E-state index contributed by atoms with van der Waals surface area (Å²) >= 11 is 6.08. The van der Waals surface area contributed by atoms with Gasteiger partial charge < -0.3 is 5.21 Å². The number of hydrogen-bond donors (Lipinski definition) is 1. The number of aryl methyl sites for hydroxylation is 1. The standard InChI is InChI=1S/C16H13ClN2O3S/c1-11-5-7-12(8-6-11)23(21,22)18-15-4-2-3-13-14(17)9-10-19(20)16(13)15/h2-10,18H,1H3. The summed E-state index contributed by atoms with van der Waals surface area (Å²) < 4.78 is 28.0. The second-order valence-electron chi connectivity index (χ2n) is 5.11. The maximum absolute atomic E-state index is 12.5. The van der Waals surface area contributed by atoms with Gasteiger partial charge in [-0.1, -0.05) is 35.4 Å². The Labute approximate surface area is 138 Å². The van der Waals surface area contributed by atoms with Crippen LogP contribution < -0.4 is 9.45 Å². The molecule has 0 amide bonds. The van der Waals surface area contributed by atoms with Gasteiger partial charge in [-0.25, -0.2) is 8.42 Å². The lowest BCUT2D eigenvalue weighted by atomic mass is 10.2. The minimum absolute atomic E-state index is 0.125. The zero-order valence-corrected chi connectivity index (χ0v) is 13.7. The molecule has 118 valence electrons. The van der Waals surface area contributed by atoms with Gasteiger partial charge in [-0.05, 0) is 31.2 Å². The number of benzene rings is 2. The van der Waals surface area contributed by atoms with Gasteiger partial charge in [-0.15, -0.1) is 0 Å². The predicted molar refractivity (Wildman–Crippen MR) is 89.9 cm³/mol. The summed E-state index contributed by atoms with van der Waals surface area (Å²) in [7, 11) is -3.80. The Balaban J connectivity index is 2.11. The van der Waals surface area contributed by atoms with Crippen LogP contribution in [0.2, 0.25) is 5.02 Å². The number of nitrogens with zero attached hydrogens (tertiary/aromatic N) is 1. The topological polar surface area (TPSA) is 73.1 Å². The van der Waals surface area contributed by atoms with Gasteiger partial charge in [0.05, 0.1) is 15.3 Å². The molecule has 5 nitrogen and oxygen atoms in total.